The van der Waals surface area contributed by atoms with Crippen LogP contribution in [0.25, 0.3) is 16.5 Å². The predicted octanol–water partition coefficient (Wildman–Crippen LogP) is 3.40. The number of hydrogen-bond acceptors (Lipinski definition) is 5. The summed E-state index contributed by atoms with van der Waals surface area (Å²) in [7, 11) is 3.45. The lowest BCUT2D eigenvalue weighted by atomic mass is 10.0. The fraction of sp³-hybridized carbons (Fsp3) is 0.379. The second-order valence-corrected chi connectivity index (χ2v) is 9.70. The highest BCUT2D eigenvalue weighted by atomic mass is 16.5. The minimum Gasteiger partial charge on any atom is -0.494 e. The van der Waals surface area contributed by atoms with Crippen molar-refractivity contribution in [3.05, 3.63) is 71.6 Å². The van der Waals surface area contributed by atoms with Crippen molar-refractivity contribution in [2.24, 2.45) is 0 Å². The number of nitrogens with zero attached hydrogens (tertiary/aromatic N) is 3. The molecule has 3 aromatic rings. The monoisotopic (exact) mass is 502 g/mol. The van der Waals surface area contributed by atoms with Crippen LogP contribution in [0.15, 0.2) is 54.7 Å². The topological polar surface area (TPSA) is 78.1 Å². The number of carbonyl (C=O) groups excluding carboxylic acids is 2. The third-order valence-electron chi connectivity index (χ3n) is 6.96. The Morgan fingerprint density at radius 3 is 2.54 bits per heavy atom. The molecule has 0 radical (unpaired) electrons. The number of hydrogen-bond donors (Lipinski definition) is 1. The van der Waals surface area contributed by atoms with Crippen LogP contribution >= 0.6 is 0 Å². The zero-order valence-electron chi connectivity index (χ0n) is 21.5. The maximum atomic E-state index is 13.5. The van der Waals surface area contributed by atoms with Gasteiger partial charge >= 0.3 is 0 Å². The molecule has 3 heterocycles. The Labute approximate surface area is 217 Å². The van der Waals surface area contributed by atoms with Gasteiger partial charge in [-0.2, -0.15) is 0 Å². The van der Waals surface area contributed by atoms with Crippen molar-refractivity contribution in [1.82, 2.24) is 19.7 Å². The van der Waals surface area contributed by atoms with Crippen molar-refractivity contribution in [2.45, 2.75) is 12.8 Å². The van der Waals surface area contributed by atoms with E-state index in [0.717, 1.165) is 67.2 Å². The Kier molecular flexibility index (Phi) is 7.58. The Hall–Kier alpha value is -3.62. The molecule has 1 N–H and O–H groups in total. The highest BCUT2D eigenvalue weighted by Crippen LogP contribution is 2.32. The molecule has 37 heavy (non-hydrogen) atoms. The van der Waals surface area contributed by atoms with Crippen LogP contribution in [0, 0.1) is 0 Å². The van der Waals surface area contributed by atoms with Crippen LogP contribution in [0.4, 0.5) is 0 Å². The van der Waals surface area contributed by atoms with Gasteiger partial charge in [-0.25, -0.2) is 0 Å². The minimum absolute atomic E-state index is 0.141. The first-order valence-electron chi connectivity index (χ1n) is 12.9. The average Bonchev–Trinajstić information content (AvgIpc) is 3.19. The molecule has 0 bridgehead atoms. The Morgan fingerprint density at radius 2 is 1.78 bits per heavy atom. The molecular formula is C29H34N4O4. The number of carbonyl (C=O) groups is 2. The molecule has 0 saturated carbocycles. The second kappa shape index (κ2) is 11.2. The number of aromatic amines is 1. The molecule has 2 aromatic carbocycles. The van der Waals surface area contributed by atoms with Gasteiger partial charge in [-0.05, 0) is 48.7 Å². The number of H-pyrrole nitrogens is 1. The van der Waals surface area contributed by atoms with Crippen molar-refractivity contribution in [2.75, 3.05) is 60.1 Å². The number of amides is 2. The number of para-hydroxylation sites is 1. The van der Waals surface area contributed by atoms with Gasteiger partial charge in [0.05, 0.1) is 31.1 Å². The number of aromatic nitrogens is 1. The van der Waals surface area contributed by atoms with Crippen LogP contribution in [-0.4, -0.2) is 91.6 Å². The van der Waals surface area contributed by atoms with Gasteiger partial charge in [0.2, 0.25) is 0 Å². The molecule has 1 fully saturated rings. The first kappa shape index (κ1) is 25.0. The second-order valence-electron chi connectivity index (χ2n) is 9.70. The summed E-state index contributed by atoms with van der Waals surface area (Å²) in [4.78, 5) is 35.6. The molecular weight excluding hydrogens is 468 g/mol. The van der Waals surface area contributed by atoms with Gasteiger partial charge in [0, 0.05) is 62.9 Å². The normalized spacial score (nSPS) is 16.2. The molecule has 5 rings (SSSR count). The summed E-state index contributed by atoms with van der Waals surface area (Å²) in [5, 5.41) is 1.08. The molecule has 2 amide bonds. The van der Waals surface area contributed by atoms with Gasteiger partial charge < -0.3 is 24.3 Å². The number of morpholine rings is 1. The van der Waals surface area contributed by atoms with Gasteiger partial charge in [-0.1, -0.05) is 18.2 Å². The fourth-order valence-electron chi connectivity index (χ4n) is 4.93. The van der Waals surface area contributed by atoms with E-state index in [-0.39, 0.29) is 11.8 Å². The van der Waals surface area contributed by atoms with Gasteiger partial charge in [0.25, 0.3) is 11.8 Å². The lowest BCUT2D eigenvalue weighted by Gasteiger charge is -2.26. The Balaban J connectivity index is 1.28. The zero-order chi connectivity index (χ0) is 25.8. The maximum absolute atomic E-state index is 13.5. The molecule has 1 aromatic heterocycles. The van der Waals surface area contributed by atoms with Crippen LogP contribution in [0.1, 0.15) is 28.0 Å². The summed E-state index contributed by atoms with van der Waals surface area (Å²) in [6.07, 6.45) is 3.29. The molecule has 0 atom stereocenters. The maximum Gasteiger partial charge on any atom is 0.257 e. The molecule has 0 unspecified atom stereocenters. The van der Waals surface area contributed by atoms with Gasteiger partial charge in [-0.3, -0.25) is 14.5 Å². The molecule has 2 aliphatic rings. The van der Waals surface area contributed by atoms with Gasteiger partial charge in [-0.15, -0.1) is 0 Å². The number of likely N-dealkylation sites (N-methyl/N-ethyl adjacent to an activating group) is 1. The summed E-state index contributed by atoms with van der Waals surface area (Å²) in [6, 6.07) is 15.3. The largest absolute Gasteiger partial charge is 0.494 e. The third-order valence-corrected chi connectivity index (χ3v) is 6.96. The van der Waals surface area contributed by atoms with Gasteiger partial charge in [0.1, 0.15) is 5.75 Å². The van der Waals surface area contributed by atoms with E-state index in [2.05, 4.69) is 16.0 Å². The van der Waals surface area contributed by atoms with E-state index in [4.69, 9.17) is 9.47 Å². The summed E-state index contributed by atoms with van der Waals surface area (Å²) < 4.78 is 11.3. The van der Waals surface area contributed by atoms with E-state index in [1.165, 1.54) is 0 Å². The van der Waals surface area contributed by atoms with Gasteiger partial charge in [0.15, 0.2) is 0 Å². The molecule has 1 saturated heterocycles. The quantitative estimate of drug-likeness (QED) is 0.501. The van der Waals surface area contributed by atoms with Crippen molar-refractivity contribution in [3.63, 3.8) is 0 Å². The van der Waals surface area contributed by atoms with Crippen molar-refractivity contribution < 1.29 is 19.1 Å². The zero-order valence-corrected chi connectivity index (χ0v) is 21.5. The molecule has 2 aliphatic heterocycles. The predicted molar refractivity (Wildman–Crippen MR) is 144 cm³/mol. The van der Waals surface area contributed by atoms with E-state index < -0.39 is 0 Å². The smallest absolute Gasteiger partial charge is 0.257 e. The van der Waals surface area contributed by atoms with E-state index >= 15 is 0 Å². The first-order valence-corrected chi connectivity index (χ1v) is 12.9. The van der Waals surface area contributed by atoms with E-state index in [0.29, 0.717) is 30.7 Å². The SMILES string of the molecule is CN(C)C(=O)C1=CN(C(=O)c2ccc(OCCCN3CCOCC3)cc2)CCc2c1[nH]c1ccccc21. The summed E-state index contributed by atoms with van der Waals surface area (Å²) in [5.74, 6) is 0.459. The number of rotatable bonds is 7. The van der Waals surface area contributed by atoms with Crippen molar-refractivity contribution in [3.8, 4) is 5.75 Å². The van der Waals surface area contributed by atoms with E-state index in [1.54, 1.807) is 42.2 Å². The Morgan fingerprint density at radius 1 is 1.03 bits per heavy atom. The standard InChI is InChI=1S/C29H34N4O4/c1-31(2)29(35)25-20-33(14-12-24-23-6-3-4-7-26(23)30-27(24)25)28(34)21-8-10-22(11-9-21)37-17-5-13-32-15-18-36-19-16-32/h3-4,6-11,20,30H,5,12-19H2,1-2H3. The summed E-state index contributed by atoms with van der Waals surface area (Å²) in [5.41, 5.74) is 3.89. The minimum atomic E-state index is -0.145. The van der Waals surface area contributed by atoms with Crippen LogP contribution in [-0.2, 0) is 16.0 Å². The molecule has 8 nitrogen and oxygen atoms in total. The fourth-order valence-corrected chi connectivity index (χ4v) is 4.93. The molecule has 0 spiro atoms. The Bertz CT molecular complexity index is 1290. The molecule has 194 valence electrons. The van der Waals surface area contributed by atoms with Crippen LogP contribution < -0.4 is 4.74 Å². The summed E-state index contributed by atoms with van der Waals surface area (Å²) in [6.45, 7) is 5.66. The van der Waals surface area contributed by atoms with E-state index in [1.807, 2.05) is 30.3 Å². The van der Waals surface area contributed by atoms with Crippen molar-refractivity contribution >= 4 is 28.3 Å². The lowest BCUT2D eigenvalue weighted by Crippen LogP contribution is -2.37. The highest BCUT2D eigenvalue weighted by molar-refractivity contribution is 6.20. The third kappa shape index (κ3) is 5.55. The highest BCUT2D eigenvalue weighted by Gasteiger charge is 2.27. The molecule has 8 heteroatoms. The average molecular weight is 503 g/mol. The van der Waals surface area contributed by atoms with Crippen LogP contribution in [0.2, 0.25) is 0 Å². The number of ether oxygens (including phenoxy) is 2. The number of benzene rings is 2. The van der Waals surface area contributed by atoms with Crippen LogP contribution in [0.3, 0.4) is 0 Å². The first-order chi connectivity index (χ1) is 18.0. The lowest BCUT2D eigenvalue weighted by molar-refractivity contribution is -0.122. The number of fused-ring (bicyclic) bond motifs is 3. The summed E-state index contributed by atoms with van der Waals surface area (Å²) >= 11 is 0. The molecule has 0 aliphatic carbocycles. The van der Waals surface area contributed by atoms with Crippen LogP contribution in [0.5, 0.6) is 5.75 Å². The number of nitrogens with one attached hydrogen (secondary N) is 1. The van der Waals surface area contributed by atoms with E-state index in [9.17, 15) is 9.59 Å². The van der Waals surface area contributed by atoms with Crippen molar-refractivity contribution in [1.29, 1.82) is 0 Å².